The molecule has 0 aliphatic rings. The van der Waals surface area contributed by atoms with E-state index in [1.54, 1.807) is 0 Å². The molecule has 0 N–H and O–H groups in total. The van der Waals surface area contributed by atoms with Gasteiger partial charge in [-0.05, 0) is 0 Å². The minimum Gasteiger partial charge on any atom is -1.00 e. The number of hydrogen-bond donors (Lipinski definition) is 0. The molecule has 8 heavy (non-hydrogen) atoms. The zero-order valence-corrected chi connectivity index (χ0v) is 11.5. The van der Waals surface area contributed by atoms with Gasteiger partial charge in [0.25, 0.3) is 0 Å². The predicted octanol–water partition coefficient (Wildman–Crippen LogP) is -1.68. The first-order valence-electron chi connectivity index (χ1n) is 0.845. The third-order valence-corrected chi connectivity index (χ3v) is 0. The molecule has 0 saturated heterocycles. The summed E-state index contributed by atoms with van der Waals surface area (Å²) in [4.78, 5) is 0. The normalized spacial score (nSPS) is 14.4. The van der Waals surface area contributed by atoms with Crippen molar-refractivity contribution in [3.63, 3.8) is 0 Å². The van der Waals surface area contributed by atoms with Gasteiger partial charge in [-0.15, -0.1) is 0 Å². The third kappa shape index (κ3) is 56.7. The van der Waals surface area contributed by atoms with Crippen LogP contribution in [0.4, 0.5) is 0 Å². The first-order chi connectivity index (χ1) is 2.24. The topological polar surface area (TPSA) is 0 Å². The van der Waals surface area contributed by atoms with Gasteiger partial charge in [0.15, 0.2) is 0 Å². The molecule has 0 fully saturated rings. The Hall–Kier alpha value is 3.45. The number of rotatable bonds is 0. The maximum Gasteiger partial charge on any atom is 1.00 e. The van der Waals surface area contributed by atoms with Crippen LogP contribution in [-0.4, -0.2) is 0 Å². The molecule has 0 atom stereocenters. The monoisotopic (exact) mass is 264 g/mol. The van der Waals surface area contributed by atoms with Gasteiger partial charge in [0.05, 0.1) is 0 Å². The van der Waals surface area contributed by atoms with Crippen molar-refractivity contribution < 1.29 is 56.1 Å². The summed E-state index contributed by atoms with van der Waals surface area (Å²) in [5.41, 5.74) is 0. The molecule has 0 amide bonds. The van der Waals surface area contributed by atoms with Crippen molar-refractivity contribution in [1.82, 2.24) is 0 Å². The van der Waals surface area contributed by atoms with Gasteiger partial charge in [0, 0.05) is 0 Å². The molecule has 0 nitrogen and oxygen atoms in total. The van der Waals surface area contributed by atoms with Crippen LogP contribution in [0, 0.1) is 0 Å². The van der Waals surface area contributed by atoms with Gasteiger partial charge in [-0.1, -0.05) is 0 Å². The summed E-state index contributed by atoms with van der Waals surface area (Å²) in [6.45, 7) is 0. The maximum atomic E-state index is 4.98. The predicted molar refractivity (Wildman–Crippen MR) is 36.2 cm³/mol. The van der Waals surface area contributed by atoms with Crippen LogP contribution in [0.25, 0.3) is 0 Å². The van der Waals surface area contributed by atoms with E-state index in [1.807, 2.05) is 0 Å². The molecule has 0 unspecified atom stereocenters. The minimum absolute atomic E-state index is 0. The molecule has 0 aromatic carbocycles. The Kier molecular flexibility index (Phi) is 11.3. The number of hydrogen-bond acceptors (Lipinski definition) is 0. The average Bonchev–Trinajstić information content (AvgIpc) is 0.650. The summed E-state index contributed by atoms with van der Waals surface area (Å²) in [7, 11) is 0. The van der Waals surface area contributed by atoms with E-state index >= 15 is 0 Å². The standard InChI is InChI=1S/Cl5P.FH.K/c1-6(2,3,4)5;;/h;1H;/q;;+1/p-1. The fourth-order valence-corrected chi connectivity index (χ4v) is 0. The van der Waals surface area contributed by atoms with E-state index in [-0.39, 0.29) is 56.1 Å². The molecular weight excluding hydrogens is 266 g/mol. The van der Waals surface area contributed by atoms with Crippen LogP contribution in [-0.2, 0) is 0 Å². The Morgan fingerprint density at radius 2 is 0.750 bits per heavy atom. The summed E-state index contributed by atoms with van der Waals surface area (Å²) >= 11 is 24.9. The van der Waals surface area contributed by atoms with Crippen LogP contribution >= 0.6 is 59.6 Å². The second kappa shape index (κ2) is 5.16. The molecule has 0 radical (unpaired) electrons. The molecule has 0 heterocycles. The average molecular weight is 266 g/mol. The summed E-state index contributed by atoms with van der Waals surface area (Å²) in [5, 5.41) is 0. The first-order valence-corrected chi connectivity index (χ1v) is 7.61. The Morgan fingerprint density at radius 1 is 0.750 bits per heavy atom. The summed E-state index contributed by atoms with van der Waals surface area (Å²) < 4.78 is -3.69. The molecule has 0 aliphatic heterocycles. The van der Waals surface area contributed by atoms with E-state index in [0.29, 0.717) is 0 Å². The summed E-state index contributed by atoms with van der Waals surface area (Å²) in [6, 6.07) is 0. The van der Waals surface area contributed by atoms with Crippen LogP contribution in [0.5, 0.6) is 0 Å². The van der Waals surface area contributed by atoms with E-state index in [4.69, 9.17) is 56.2 Å². The Morgan fingerprint density at radius 3 is 0.750 bits per heavy atom. The van der Waals surface area contributed by atoms with Crippen LogP contribution in [0.3, 0.4) is 0 Å². The molecule has 0 spiro atoms. The molecular formula is Cl5FKP. The van der Waals surface area contributed by atoms with Gasteiger partial charge in [-0.3, -0.25) is 0 Å². The van der Waals surface area contributed by atoms with Gasteiger partial charge in [-0.25, -0.2) is 0 Å². The summed E-state index contributed by atoms with van der Waals surface area (Å²) in [5.74, 6) is 0. The molecule has 0 aromatic rings. The SMILES string of the molecule is ClP(Cl)(Cl)(Cl)Cl.[F-].[K+]. The van der Waals surface area contributed by atoms with Gasteiger partial charge in [-0.2, -0.15) is 0 Å². The maximum absolute atomic E-state index is 4.98. The zero-order chi connectivity index (χ0) is 5.45. The molecule has 0 aliphatic carbocycles. The zero-order valence-electron chi connectivity index (χ0n) is 3.72. The molecule has 0 bridgehead atoms. The minimum atomic E-state index is -3.69. The Bertz CT molecular complexity index is 45.6. The van der Waals surface area contributed by atoms with Crippen molar-refractivity contribution >= 4 is 59.6 Å². The van der Waals surface area contributed by atoms with Crippen LogP contribution in [0.1, 0.15) is 0 Å². The van der Waals surface area contributed by atoms with Gasteiger partial charge >= 0.3 is 111 Å². The van der Waals surface area contributed by atoms with Crippen molar-refractivity contribution in [1.29, 1.82) is 0 Å². The van der Waals surface area contributed by atoms with Crippen LogP contribution in [0.2, 0.25) is 0 Å². The van der Waals surface area contributed by atoms with Crippen molar-refractivity contribution in [3.05, 3.63) is 0 Å². The fraction of sp³-hybridized carbons (Fsp3) is 0. The Balaban J connectivity index is -0.000000125. The molecule has 8 heteroatoms. The smallest absolute Gasteiger partial charge is 1.00 e. The quantitative estimate of drug-likeness (QED) is 0.363. The first kappa shape index (κ1) is 17.5. The van der Waals surface area contributed by atoms with E-state index in [0.717, 1.165) is 0 Å². The van der Waals surface area contributed by atoms with Gasteiger partial charge in [0.2, 0.25) is 0 Å². The van der Waals surface area contributed by atoms with Crippen molar-refractivity contribution in [3.8, 4) is 0 Å². The van der Waals surface area contributed by atoms with Crippen molar-refractivity contribution in [2.24, 2.45) is 0 Å². The molecule has 48 valence electrons. The van der Waals surface area contributed by atoms with Crippen molar-refractivity contribution in [2.75, 3.05) is 0 Å². The largest absolute Gasteiger partial charge is 1.00 e. The van der Waals surface area contributed by atoms with Crippen LogP contribution < -0.4 is 56.1 Å². The van der Waals surface area contributed by atoms with Crippen molar-refractivity contribution in [2.45, 2.75) is 0 Å². The molecule has 0 aromatic heterocycles. The Labute approximate surface area is 113 Å². The van der Waals surface area contributed by atoms with Gasteiger partial charge in [0.1, 0.15) is 0 Å². The third-order valence-electron chi connectivity index (χ3n) is 0. The van der Waals surface area contributed by atoms with Crippen LogP contribution in [0.15, 0.2) is 0 Å². The van der Waals surface area contributed by atoms with E-state index in [1.165, 1.54) is 0 Å². The second-order valence-electron chi connectivity index (χ2n) is 0.639. The number of halogens is 6. The summed E-state index contributed by atoms with van der Waals surface area (Å²) in [6.07, 6.45) is 0. The van der Waals surface area contributed by atoms with E-state index < -0.39 is 3.37 Å². The van der Waals surface area contributed by atoms with Gasteiger partial charge < -0.3 is 4.70 Å². The molecule has 0 rings (SSSR count). The fourth-order valence-electron chi connectivity index (χ4n) is 0. The second-order valence-corrected chi connectivity index (χ2v) is 17.2. The van der Waals surface area contributed by atoms with E-state index in [9.17, 15) is 0 Å². The molecule has 0 saturated carbocycles. The van der Waals surface area contributed by atoms with E-state index in [2.05, 4.69) is 0 Å².